The third-order valence-electron chi connectivity index (χ3n) is 6.01. The molecule has 2 heterocycles. The molecule has 0 amide bonds. The molecule has 1 N–H and O–H groups in total. The van der Waals surface area contributed by atoms with Gasteiger partial charge in [0.25, 0.3) is 0 Å². The van der Waals surface area contributed by atoms with Crippen molar-refractivity contribution in [2.45, 2.75) is 17.0 Å². The van der Waals surface area contributed by atoms with Crippen LogP contribution >= 0.6 is 11.6 Å². The zero-order valence-corrected chi connectivity index (χ0v) is 25.2. The number of fused-ring (bicyclic) bond motifs is 1. The Morgan fingerprint density at radius 2 is 1.93 bits per heavy atom. The molecule has 0 spiro atoms. The van der Waals surface area contributed by atoms with Crippen molar-refractivity contribution in [2.24, 2.45) is 0 Å². The van der Waals surface area contributed by atoms with Gasteiger partial charge in [-0.15, -0.1) is 0 Å². The van der Waals surface area contributed by atoms with Crippen LogP contribution in [0.5, 0.6) is 5.75 Å². The fraction of sp³-hybridized carbons (Fsp3) is 0.172. The Kier molecular flexibility index (Phi) is 8.74. The van der Waals surface area contributed by atoms with E-state index < -0.39 is 25.6 Å². The molecule has 0 aliphatic rings. The average molecular weight is 642 g/mol. The number of hydrogen-bond acceptors (Lipinski definition) is 7. The molecule has 0 radical (unpaired) electrons. The molecule has 0 saturated heterocycles. The molecular weight excluding hydrogens is 616 g/mol. The number of nitrogens with zero attached hydrogens (tertiary/aromatic N) is 2. The Morgan fingerprint density at radius 3 is 2.73 bits per heavy atom. The molecule has 0 aliphatic carbocycles. The third-order valence-corrected chi connectivity index (χ3v) is 10.5. The molecule has 1 atom stereocenters. The Bertz CT molecular complexity index is 1760. The summed E-state index contributed by atoms with van der Waals surface area (Å²) in [6.45, 7) is 0.195. The van der Waals surface area contributed by atoms with Crippen molar-refractivity contribution in [2.75, 3.05) is 17.3 Å². The first-order valence-electron chi connectivity index (χ1n) is 12.4. The normalized spacial score (nSPS) is 11.9. The monoisotopic (exact) mass is 641 g/mol. The molecule has 1 unspecified atom stereocenters. The van der Waals surface area contributed by atoms with E-state index in [4.69, 9.17) is 20.8 Å². The summed E-state index contributed by atoms with van der Waals surface area (Å²) in [5, 5.41) is 6.04. The van der Waals surface area contributed by atoms with Crippen LogP contribution in [0, 0.1) is 5.82 Å². The number of furan rings is 1. The van der Waals surface area contributed by atoms with Gasteiger partial charge < -0.3 is 4.74 Å². The molecule has 11 heteroatoms. The Hall–Kier alpha value is -3.39. The fourth-order valence-corrected chi connectivity index (χ4v) is 9.31. The van der Waals surface area contributed by atoms with Crippen LogP contribution in [0.2, 0.25) is 10.2 Å². The summed E-state index contributed by atoms with van der Waals surface area (Å²) in [7, 11) is -2.93. The summed E-state index contributed by atoms with van der Waals surface area (Å²) in [6.07, 6.45) is 2.76. The van der Waals surface area contributed by atoms with Crippen LogP contribution in [0.15, 0.2) is 83.5 Å². The van der Waals surface area contributed by atoms with E-state index in [0.717, 1.165) is 38.4 Å². The topological polar surface area (TPSA) is 94.3 Å². The zero-order valence-electron chi connectivity index (χ0n) is 21.5. The second-order valence-electron chi connectivity index (χ2n) is 9.22. The quantitative estimate of drug-likeness (QED) is 0.132. The standard InChI is InChI=1S/C29H26AsClFN3O4S/c1-40(36,37)12-11-30-16-23-7-10-27(39-23)20-5-8-26-24(14-20)29(34-18-33-26)35-22-6-9-28(25(31)15-22)38-17-19-3-2-4-21(32)13-19/h2-10,13-15,18,30H,11-12,16-17H2,1H3,(H,33,34,35). The number of rotatable bonds is 11. The molecule has 2 aromatic heterocycles. The first-order chi connectivity index (χ1) is 19.2. The Labute approximate surface area is 243 Å². The van der Waals surface area contributed by atoms with Crippen LogP contribution in [0.4, 0.5) is 15.9 Å². The van der Waals surface area contributed by atoms with Gasteiger partial charge in [-0.05, 0) is 17.7 Å². The second-order valence-corrected chi connectivity index (χ2v) is 14.7. The first kappa shape index (κ1) is 28.1. The van der Waals surface area contributed by atoms with Gasteiger partial charge in [0.05, 0.1) is 0 Å². The fourth-order valence-electron chi connectivity index (χ4n) is 4.03. The van der Waals surface area contributed by atoms with Crippen molar-refractivity contribution >= 4 is 59.6 Å². The maximum atomic E-state index is 13.4. The number of halogens is 2. The van der Waals surface area contributed by atoms with Crippen molar-refractivity contribution in [1.82, 2.24) is 9.97 Å². The first-order valence-corrected chi connectivity index (χ1v) is 17.8. The summed E-state index contributed by atoms with van der Waals surface area (Å²) >= 11 is 6.04. The number of nitrogens with one attached hydrogen (secondary N) is 1. The summed E-state index contributed by atoms with van der Waals surface area (Å²) in [4.78, 5) is 8.83. The number of sulfone groups is 1. The predicted octanol–water partition coefficient (Wildman–Crippen LogP) is 6.40. The van der Waals surface area contributed by atoms with Crippen LogP contribution in [0.25, 0.3) is 22.2 Å². The minimum absolute atomic E-state index is 0.195. The molecule has 5 aromatic rings. The number of anilines is 2. The molecular formula is C29H26AsClFN3O4S. The molecule has 7 nitrogen and oxygen atoms in total. The van der Waals surface area contributed by atoms with Crippen LogP contribution in [-0.4, -0.2) is 46.1 Å². The van der Waals surface area contributed by atoms with Crippen LogP contribution in [-0.2, 0) is 21.7 Å². The van der Waals surface area contributed by atoms with E-state index in [2.05, 4.69) is 15.3 Å². The molecule has 5 rings (SSSR count). The predicted molar refractivity (Wildman–Crippen MR) is 158 cm³/mol. The molecule has 40 heavy (non-hydrogen) atoms. The van der Waals surface area contributed by atoms with Gasteiger partial charge in [-0.25, -0.2) is 4.39 Å². The average Bonchev–Trinajstić information content (AvgIpc) is 3.39. The summed E-state index contributed by atoms with van der Waals surface area (Å²) in [5.41, 5.74) is 3.07. The van der Waals surface area contributed by atoms with Gasteiger partial charge in [0.15, 0.2) is 0 Å². The van der Waals surface area contributed by atoms with E-state index in [1.165, 1.54) is 24.7 Å². The second kappa shape index (κ2) is 12.4. The summed E-state index contributed by atoms with van der Waals surface area (Å²) < 4.78 is 48.0. The molecule has 3 aromatic carbocycles. The van der Waals surface area contributed by atoms with Gasteiger partial charge in [-0.1, -0.05) is 23.7 Å². The number of hydrogen-bond donors (Lipinski definition) is 1. The number of aromatic nitrogens is 2. The van der Waals surface area contributed by atoms with Gasteiger partial charge in [0.1, 0.15) is 18.2 Å². The van der Waals surface area contributed by atoms with Crippen molar-refractivity contribution in [3.8, 4) is 17.1 Å². The van der Waals surface area contributed by atoms with Crippen LogP contribution < -0.4 is 10.1 Å². The van der Waals surface area contributed by atoms with Gasteiger partial charge in [0, 0.05) is 0 Å². The van der Waals surface area contributed by atoms with Crippen molar-refractivity contribution in [1.29, 1.82) is 0 Å². The minimum atomic E-state index is -2.93. The molecule has 0 saturated carbocycles. The van der Waals surface area contributed by atoms with E-state index in [1.54, 1.807) is 24.3 Å². The zero-order chi connectivity index (χ0) is 28.1. The van der Waals surface area contributed by atoms with Crippen LogP contribution in [0.1, 0.15) is 11.3 Å². The van der Waals surface area contributed by atoms with Gasteiger partial charge in [0.2, 0.25) is 0 Å². The Morgan fingerprint density at radius 1 is 1.05 bits per heavy atom. The van der Waals surface area contributed by atoms with E-state index in [1.807, 2.05) is 36.4 Å². The van der Waals surface area contributed by atoms with Gasteiger partial charge in [-0.3, -0.25) is 0 Å². The van der Waals surface area contributed by atoms with E-state index in [0.29, 0.717) is 27.8 Å². The summed E-state index contributed by atoms with van der Waals surface area (Å²) in [5.74, 6) is 2.60. The van der Waals surface area contributed by atoms with Crippen molar-refractivity contribution in [3.63, 3.8) is 0 Å². The molecule has 0 bridgehead atoms. The van der Waals surface area contributed by atoms with E-state index >= 15 is 0 Å². The van der Waals surface area contributed by atoms with Gasteiger partial charge >= 0.3 is 176 Å². The number of benzene rings is 3. The SMILES string of the molecule is CS(=O)(=O)CC[AsH]Cc1ccc(-c2ccc3ncnc(Nc4ccc(OCc5cccc(F)c5)c(Cl)c4)c3c2)o1. The summed E-state index contributed by atoms with van der Waals surface area (Å²) in [6, 6.07) is 21.3. The van der Waals surface area contributed by atoms with E-state index in [9.17, 15) is 12.8 Å². The van der Waals surface area contributed by atoms with Gasteiger partial charge in [-0.2, -0.15) is 0 Å². The number of ether oxygens (including phenoxy) is 1. The maximum absolute atomic E-state index is 13.4. The van der Waals surface area contributed by atoms with Crippen molar-refractivity contribution < 1.29 is 22.0 Å². The third kappa shape index (κ3) is 7.41. The molecule has 0 fully saturated rings. The van der Waals surface area contributed by atoms with E-state index in [-0.39, 0.29) is 18.2 Å². The van der Waals surface area contributed by atoms with Crippen LogP contribution in [0.3, 0.4) is 0 Å². The molecule has 206 valence electrons. The Balaban J connectivity index is 1.29. The van der Waals surface area contributed by atoms with Crippen molar-refractivity contribution in [3.05, 3.63) is 101 Å². The molecule has 0 aliphatic heterocycles.